The number of benzene rings is 2. The summed E-state index contributed by atoms with van der Waals surface area (Å²) >= 11 is 7.12. The van der Waals surface area contributed by atoms with Crippen LogP contribution in [0.4, 0.5) is 15.8 Å². The fourth-order valence-corrected chi connectivity index (χ4v) is 5.61. The smallest absolute Gasteiger partial charge is 0.270 e. The number of ketones is 1. The molecule has 2 heterocycles. The predicted molar refractivity (Wildman–Crippen MR) is 113 cm³/mol. The van der Waals surface area contributed by atoms with Crippen molar-refractivity contribution in [3.63, 3.8) is 0 Å². The van der Waals surface area contributed by atoms with Crippen molar-refractivity contribution in [2.45, 2.75) is 6.54 Å². The molecule has 148 valence electrons. The van der Waals surface area contributed by atoms with Crippen molar-refractivity contribution >= 4 is 50.1 Å². The lowest BCUT2D eigenvalue weighted by atomic mass is 10.2. The molecule has 29 heavy (non-hydrogen) atoms. The highest BCUT2D eigenvalue weighted by atomic mass is 35.5. The van der Waals surface area contributed by atoms with Gasteiger partial charge in [-0.15, -0.1) is 11.3 Å². The van der Waals surface area contributed by atoms with E-state index in [1.165, 1.54) is 46.1 Å². The van der Waals surface area contributed by atoms with Crippen molar-refractivity contribution in [3.05, 3.63) is 92.4 Å². The number of nitrogens with zero attached hydrogens (tertiary/aromatic N) is 1. The Morgan fingerprint density at radius 3 is 2.62 bits per heavy atom. The fraction of sp³-hybridized carbons (Fsp3) is 0.0500. The number of halogens is 2. The number of carbonyl (C=O) groups is 1. The van der Waals surface area contributed by atoms with E-state index in [0.717, 1.165) is 0 Å². The highest BCUT2D eigenvalue weighted by Gasteiger charge is 2.41. The van der Waals surface area contributed by atoms with E-state index in [9.17, 15) is 17.6 Å². The van der Waals surface area contributed by atoms with Gasteiger partial charge in [0.1, 0.15) is 10.7 Å². The molecule has 3 aromatic rings. The van der Waals surface area contributed by atoms with Gasteiger partial charge in [0.2, 0.25) is 5.78 Å². The summed E-state index contributed by atoms with van der Waals surface area (Å²) in [5.41, 5.74) is 1.47. The van der Waals surface area contributed by atoms with Crippen molar-refractivity contribution in [2.24, 2.45) is 0 Å². The molecule has 5 nitrogen and oxygen atoms in total. The third-order valence-corrected chi connectivity index (χ3v) is 7.25. The maximum absolute atomic E-state index is 13.2. The number of sulfonamides is 1. The molecule has 0 bridgehead atoms. The Bertz CT molecular complexity index is 1220. The van der Waals surface area contributed by atoms with Crippen LogP contribution in [0.1, 0.15) is 15.2 Å². The summed E-state index contributed by atoms with van der Waals surface area (Å²) in [6, 6.07) is 13.9. The van der Waals surface area contributed by atoms with E-state index >= 15 is 0 Å². The van der Waals surface area contributed by atoms with Gasteiger partial charge in [-0.25, -0.2) is 12.8 Å². The lowest BCUT2D eigenvalue weighted by Gasteiger charge is -2.29. The zero-order chi connectivity index (χ0) is 20.6. The topological polar surface area (TPSA) is 66.5 Å². The van der Waals surface area contributed by atoms with Crippen molar-refractivity contribution in [2.75, 3.05) is 9.62 Å². The highest BCUT2D eigenvalue weighted by Crippen LogP contribution is 2.39. The van der Waals surface area contributed by atoms with Gasteiger partial charge in [-0.3, -0.25) is 9.10 Å². The van der Waals surface area contributed by atoms with Crippen molar-refractivity contribution in [3.8, 4) is 0 Å². The van der Waals surface area contributed by atoms with Gasteiger partial charge in [0.25, 0.3) is 10.0 Å². The zero-order valence-corrected chi connectivity index (χ0v) is 17.2. The molecule has 0 saturated heterocycles. The number of hydrogen-bond donors (Lipinski definition) is 1. The van der Waals surface area contributed by atoms with E-state index in [4.69, 9.17) is 11.6 Å². The molecule has 9 heteroatoms. The van der Waals surface area contributed by atoms with Gasteiger partial charge in [-0.2, -0.15) is 0 Å². The number of nitrogens with one attached hydrogen (secondary N) is 1. The van der Waals surface area contributed by atoms with Crippen LogP contribution in [0, 0.1) is 5.82 Å². The quantitative estimate of drug-likeness (QED) is 0.568. The summed E-state index contributed by atoms with van der Waals surface area (Å²) in [5, 5.41) is 4.98. The minimum absolute atomic E-state index is 0.0197. The van der Waals surface area contributed by atoms with Crippen molar-refractivity contribution in [1.82, 2.24) is 0 Å². The van der Waals surface area contributed by atoms with E-state index in [1.807, 2.05) is 0 Å². The number of rotatable bonds is 4. The summed E-state index contributed by atoms with van der Waals surface area (Å²) in [6.45, 7) is -0.0197. The Labute approximate surface area is 176 Å². The summed E-state index contributed by atoms with van der Waals surface area (Å²) < 4.78 is 40.9. The molecule has 1 N–H and O–H groups in total. The fourth-order valence-electron chi connectivity index (χ4n) is 2.94. The molecule has 0 amide bonds. The average molecular weight is 449 g/mol. The van der Waals surface area contributed by atoms with E-state index in [2.05, 4.69) is 5.32 Å². The number of carbonyl (C=O) groups excluding carboxylic acids is 1. The molecule has 1 aliphatic rings. The van der Waals surface area contributed by atoms with E-state index < -0.39 is 21.6 Å². The van der Waals surface area contributed by atoms with Crippen LogP contribution in [0.25, 0.3) is 0 Å². The third-order valence-electron chi connectivity index (χ3n) is 4.35. The second kappa shape index (κ2) is 7.62. The number of allylic oxidation sites excluding steroid dienone is 1. The van der Waals surface area contributed by atoms with Crippen LogP contribution < -0.4 is 9.62 Å². The minimum Gasteiger partial charge on any atom is -0.360 e. The van der Waals surface area contributed by atoms with Crippen LogP contribution in [0.5, 0.6) is 0 Å². The van der Waals surface area contributed by atoms with Gasteiger partial charge in [-0.1, -0.05) is 29.8 Å². The monoisotopic (exact) mass is 448 g/mol. The SMILES string of the molecule is O=C1/C(=C/Nc2cccc(Cl)c2)S(=O)(=O)N(Cc2ccc(F)cc2)c2ccsc21. The summed E-state index contributed by atoms with van der Waals surface area (Å²) in [7, 11) is -4.12. The van der Waals surface area contributed by atoms with Crippen molar-refractivity contribution < 1.29 is 17.6 Å². The van der Waals surface area contributed by atoms with E-state index in [-0.39, 0.29) is 11.4 Å². The molecule has 1 aliphatic heterocycles. The third kappa shape index (κ3) is 3.78. The highest BCUT2D eigenvalue weighted by molar-refractivity contribution is 7.97. The molecular formula is C20H14ClFN2O3S2. The summed E-state index contributed by atoms with van der Waals surface area (Å²) in [4.78, 5) is 12.8. The molecule has 4 rings (SSSR count). The Morgan fingerprint density at radius 1 is 1.14 bits per heavy atom. The first-order valence-electron chi connectivity index (χ1n) is 8.48. The molecule has 2 aromatic carbocycles. The molecule has 0 aliphatic carbocycles. The number of hydrogen-bond acceptors (Lipinski definition) is 5. The first-order chi connectivity index (χ1) is 13.9. The maximum Gasteiger partial charge on any atom is 0.270 e. The van der Waals surface area contributed by atoms with Crippen LogP contribution in [-0.4, -0.2) is 14.2 Å². The van der Waals surface area contributed by atoms with E-state index in [1.54, 1.807) is 35.7 Å². The van der Waals surface area contributed by atoms with Gasteiger partial charge in [0, 0.05) is 16.9 Å². The Morgan fingerprint density at radius 2 is 1.90 bits per heavy atom. The Kier molecular flexibility index (Phi) is 5.16. The van der Waals surface area contributed by atoms with Crippen LogP contribution in [0.15, 0.2) is 71.1 Å². The van der Waals surface area contributed by atoms with Crippen LogP contribution in [-0.2, 0) is 16.6 Å². The molecule has 0 radical (unpaired) electrons. The summed E-state index contributed by atoms with van der Waals surface area (Å²) in [6.07, 6.45) is 1.18. The lowest BCUT2D eigenvalue weighted by Crippen LogP contribution is -2.38. The number of thiophene rings is 1. The first kappa shape index (κ1) is 19.6. The molecule has 0 spiro atoms. The van der Waals surface area contributed by atoms with Crippen molar-refractivity contribution in [1.29, 1.82) is 0 Å². The standard InChI is InChI=1S/C20H14ClFN2O3S2/c21-14-2-1-3-16(10-14)23-11-18-19(25)20-17(8-9-28-20)24(29(18,26)27)12-13-4-6-15(22)7-5-13/h1-11,23H,12H2/b18-11-. The molecule has 0 atom stereocenters. The van der Waals surface area contributed by atoms with E-state index in [0.29, 0.717) is 26.8 Å². The van der Waals surface area contributed by atoms with Gasteiger partial charge in [-0.05, 0) is 47.3 Å². The first-order valence-corrected chi connectivity index (χ1v) is 11.2. The summed E-state index contributed by atoms with van der Waals surface area (Å²) in [5.74, 6) is -0.979. The van der Waals surface area contributed by atoms with Gasteiger partial charge in [0.05, 0.1) is 12.2 Å². The maximum atomic E-state index is 13.2. The number of Topliss-reactive ketones (excluding diaryl/α,β-unsaturated/α-hetero) is 1. The lowest BCUT2D eigenvalue weighted by molar-refractivity contribution is 0.104. The molecule has 0 unspecified atom stereocenters. The second-order valence-corrected chi connectivity index (χ2v) is 9.45. The van der Waals surface area contributed by atoms with Gasteiger partial charge >= 0.3 is 0 Å². The molecular weight excluding hydrogens is 435 g/mol. The molecule has 1 aromatic heterocycles. The zero-order valence-electron chi connectivity index (χ0n) is 14.8. The number of fused-ring (bicyclic) bond motifs is 1. The Balaban J connectivity index is 1.74. The molecule has 0 saturated carbocycles. The average Bonchev–Trinajstić information content (AvgIpc) is 3.16. The number of anilines is 2. The largest absolute Gasteiger partial charge is 0.360 e. The normalized spacial score (nSPS) is 16.7. The predicted octanol–water partition coefficient (Wildman–Crippen LogP) is 5.03. The van der Waals surface area contributed by atoms with Crippen LogP contribution >= 0.6 is 22.9 Å². The van der Waals surface area contributed by atoms with Crippen LogP contribution in [0.2, 0.25) is 5.02 Å². The minimum atomic E-state index is -4.12. The van der Waals surface area contributed by atoms with Crippen LogP contribution in [0.3, 0.4) is 0 Å². The van der Waals surface area contributed by atoms with Gasteiger partial charge in [0.15, 0.2) is 4.91 Å². The second-order valence-electron chi connectivity index (χ2n) is 6.27. The Hall–Kier alpha value is -2.68. The van der Waals surface area contributed by atoms with Gasteiger partial charge < -0.3 is 5.32 Å². The molecule has 0 fully saturated rings.